The summed E-state index contributed by atoms with van der Waals surface area (Å²) in [5.74, 6) is 0.473. The Bertz CT molecular complexity index is 476. The molecule has 1 aromatic carbocycles. The zero-order valence-corrected chi connectivity index (χ0v) is 12.7. The summed E-state index contributed by atoms with van der Waals surface area (Å²) in [7, 11) is 1.59. The highest BCUT2D eigenvalue weighted by Crippen LogP contribution is 2.32. The van der Waals surface area contributed by atoms with Crippen LogP contribution < -0.4 is 10.6 Å². The minimum atomic E-state index is -0.117. The van der Waals surface area contributed by atoms with Gasteiger partial charge in [0.2, 0.25) is 5.91 Å². The van der Waals surface area contributed by atoms with Gasteiger partial charge in [0.25, 0.3) is 5.91 Å². The molecule has 1 aliphatic rings. The Hall–Kier alpha value is -1.84. The molecule has 2 rings (SSSR count). The van der Waals surface area contributed by atoms with Crippen LogP contribution in [0.25, 0.3) is 0 Å². The van der Waals surface area contributed by atoms with Crippen molar-refractivity contribution in [2.75, 3.05) is 13.6 Å². The van der Waals surface area contributed by atoms with Gasteiger partial charge in [-0.05, 0) is 36.5 Å². The Morgan fingerprint density at radius 2 is 1.76 bits per heavy atom. The Labute approximate surface area is 126 Å². The SMILES string of the molecule is CNC(=O)CCNC(=O)c1ccc(C2CCCCC2)cc1. The van der Waals surface area contributed by atoms with Gasteiger partial charge >= 0.3 is 0 Å². The molecule has 0 bridgehead atoms. The van der Waals surface area contributed by atoms with Crippen molar-refractivity contribution in [3.05, 3.63) is 35.4 Å². The normalized spacial score (nSPS) is 15.5. The minimum Gasteiger partial charge on any atom is -0.359 e. The average Bonchev–Trinajstić information content (AvgIpc) is 2.55. The third-order valence-electron chi connectivity index (χ3n) is 4.17. The fraction of sp³-hybridized carbons (Fsp3) is 0.529. The van der Waals surface area contributed by atoms with Crippen molar-refractivity contribution in [1.29, 1.82) is 0 Å². The van der Waals surface area contributed by atoms with Crippen LogP contribution in [0, 0.1) is 0 Å². The number of carbonyl (C=O) groups is 2. The van der Waals surface area contributed by atoms with Crippen molar-refractivity contribution in [3.63, 3.8) is 0 Å². The van der Waals surface area contributed by atoms with Crippen LogP contribution in [-0.4, -0.2) is 25.4 Å². The molecule has 114 valence electrons. The van der Waals surface area contributed by atoms with Crippen LogP contribution in [0.5, 0.6) is 0 Å². The maximum atomic E-state index is 12.0. The molecule has 0 unspecified atom stereocenters. The summed E-state index contributed by atoms with van der Waals surface area (Å²) in [5, 5.41) is 5.30. The van der Waals surface area contributed by atoms with Crippen molar-refractivity contribution < 1.29 is 9.59 Å². The smallest absolute Gasteiger partial charge is 0.251 e. The molecule has 0 radical (unpaired) electrons. The van der Waals surface area contributed by atoms with Crippen LogP contribution in [-0.2, 0) is 4.79 Å². The number of nitrogens with one attached hydrogen (secondary N) is 2. The number of rotatable bonds is 5. The number of carbonyl (C=O) groups excluding carboxylic acids is 2. The fourth-order valence-electron chi connectivity index (χ4n) is 2.86. The van der Waals surface area contributed by atoms with E-state index in [1.807, 2.05) is 12.1 Å². The zero-order chi connectivity index (χ0) is 15.1. The Kier molecular flexibility index (Phi) is 5.78. The first-order valence-corrected chi connectivity index (χ1v) is 7.79. The van der Waals surface area contributed by atoms with Crippen molar-refractivity contribution in [2.24, 2.45) is 0 Å². The molecule has 2 amide bonds. The van der Waals surface area contributed by atoms with Gasteiger partial charge in [0.1, 0.15) is 0 Å². The topological polar surface area (TPSA) is 58.2 Å². The largest absolute Gasteiger partial charge is 0.359 e. The van der Waals surface area contributed by atoms with E-state index in [0.29, 0.717) is 24.4 Å². The molecule has 4 nitrogen and oxygen atoms in total. The highest BCUT2D eigenvalue weighted by atomic mass is 16.2. The first-order chi connectivity index (χ1) is 10.2. The molecule has 0 heterocycles. The minimum absolute atomic E-state index is 0.0667. The summed E-state index contributed by atoms with van der Waals surface area (Å²) < 4.78 is 0. The lowest BCUT2D eigenvalue weighted by atomic mass is 9.84. The van der Waals surface area contributed by atoms with Crippen LogP contribution in [0.15, 0.2) is 24.3 Å². The van der Waals surface area contributed by atoms with E-state index >= 15 is 0 Å². The molecule has 1 aromatic rings. The van der Waals surface area contributed by atoms with E-state index in [-0.39, 0.29) is 11.8 Å². The summed E-state index contributed by atoms with van der Waals surface area (Å²) in [4.78, 5) is 23.0. The van der Waals surface area contributed by atoms with Gasteiger partial charge < -0.3 is 10.6 Å². The van der Waals surface area contributed by atoms with E-state index in [4.69, 9.17) is 0 Å². The van der Waals surface area contributed by atoms with E-state index in [1.54, 1.807) is 7.05 Å². The van der Waals surface area contributed by atoms with Crippen LogP contribution >= 0.6 is 0 Å². The molecule has 1 fully saturated rings. The Balaban J connectivity index is 1.86. The molecule has 4 heteroatoms. The number of hydrogen-bond acceptors (Lipinski definition) is 2. The Morgan fingerprint density at radius 1 is 1.10 bits per heavy atom. The van der Waals surface area contributed by atoms with Gasteiger partial charge in [-0.15, -0.1) is 0 Å². The molecule has 0 atom stereocenters. The number of benzene rings is 1. The molecule has 0 saturated heterocycles. The van der Waals surface area contributed by atoms with E-state index in [0.717, 1.165) is 0 Å². The van der Waals surface area contributed by atoms with Crippen LogP contribution in [0.2, 0.25) is 0 Å². The molecular formula is C17H24N2O2. The molecule has 0 aliphatic heterocycles. The zero-order valence-electron chi connectivity index (χ0n) is 12.7. The fourth-order valence-corrected chi connectivity index (χ4v) is 2.86. The predicted octanol–water partition coefficient (Wildman–Crippen LogP) is 2.60. The number of hydrogen-bond donors (Lipinski definition) is 2. The van der Waals surface area contributed by atoms with E-state index in [1.165, 1.54) is 37.7 Å². The van der Waals surface area contributed by atoms with E-state index < -0.39 is 0 Å². The second-order valence-corrected chi connectivity index (χ2v) is 5.64. The van der Waals surface area contributed by atoms with Crippen LogP contribution in [0.4, 0.5) is 0 Å². The standard InChI is InChI=1S/C17H24N2O2/c1-18-16(20)11-12-19-17(21)15-9-7-14(8-10-15)13-5-3-2-4-6-13/h7-10,13H,2-6,11-12H2,1H3,(H,18,20)(H,19,21). The molecule has 21 heavy (non-hydrogen) atoms. The van der Waals surface area contributed by atoms with E-state index in [9.17, 15) is 9.59 Å². The molecular weight excluding hydrogens is 264 g/mol. The maximum absolute atomic E-state index is 12.0. The van der Waals surface area contributed by atoms with E-state index in [2.05, 4.69) is 22.8 Å². The molecule has 2 N–H and O–H groups in total. The molecule has 0 aromatic heterocycles. The number of amides is 2. The summed E-state index contributed by atoms with van der Waals surface area (Å²) in [6, 6.07) is 7.92. The third-order valence-corrected chi connectivity index (χ3v) is 4.17. The quantitative estimate of drug-likeness (QED) is 0.875. The van der Waals surface area contributed by atoms with Crippen molar-refractivity contribution >= 4 is 11.8 Å². The van der Waals surface area contributed by atoms with Gasteiger partial charge in [0, 0.05) is 25.6 Å². The van der Waals surface area contributed by atoms with Gasteiger partial charge in [-0.1, -0.05) is 31.4 Å². The van der Waals surface area contributed by atoms with Crippen LogP contribution in [0.3, 0.4) is 0 Å². The highest BCUT2D eigenvalue weighted by molar-refractivity contribution is 5.94. The van der Waals surface area contributed by atoms with Crippen molar-refractivity contribution in [1.82, 2.24) is 10.6 Å². The summed E-state index contributed by atoms with van der Waals surface area (Å²) in [5.41, 5.74) is 2.00. The maximum Gasteiger partial charge on any atom is 0.251 e. The van der Waals surface area contributed by atoms with Gasteiger partial charge in [-0.2, -0.15) is 0 Å². The van der Waals surface area contributed by atoms with Crippen LogP contribution in [0.1, 0.15) is 60.4 Å². The predicted molar refractivity (Wildman–Crippen MR) is 83.3 cm³/mol. The monoisotopic (exact) mass is 288 g/mol. The van der Waals surface area contributed by atoms with Gasteiger partial charge in [-0.25, -0.2) is 0 Å². The lowest BCUT2D eigenvalue weighted by Gasteiger charge is -2.22. The first kappa shape index (κ1) is 15.5. The first-order valence-electron chi connectivity index (χ1n) is 7.79. The summed E-state index contributed by atoms with van der Waals surface area (Å²) >= 11 is 0. The average molecular weight is 288 g/mol. The summed E-state index contributed by atoms with van der Waals surface area (Å²) in [6.07, 6.45) is 6.80. The van der Waals surface area contributed by atoms with Gasteiger partial charge in [-0.3, -0.25) is 9.59 Å². The third kappa shape index (κ3) is 4.59. The van der Waals surface area contributed by atoms with Crippen molar-refractivity contribution in [3.8, 4) is 0 Å². The van der Waals surface area contributed by atoms with Gasteiger partial charge in [0.05, 0.1) is 0 Å². The Morgan fingerprint density at radius 3 is 2.38 bits per heavy atom. The van der Waals surface area contributed by atoms with Crippen molar-refractivity contribution in [2.45, 2.75) is 44.4 Å². The molecule has 1 saturated carbocycles. The lowest BCUT2D eigenvalue weighted by Crippen LogP contribution is -2.29. The van der Waals surface area contributed by atoms with Gasteiger partial charge in [0.15, 0.2) is 0 Å². The summed E-state index contributed by atoms with van der Waals surface area (Å²) in [6.45, 7) is 0.364. The lowest BCUT2D eigenvalue weighted by molar-refractivity contribution is -0.120. The molecule has 0 spiro atoms. The molecule has 1 aliphatic carbocycles. The second-order valence-electron chi connectivity index (χ2n) is 5.64. The highest BCUT2D eigenvalue weighted by Gasteiger charge is 2.15. The second kappa shape index (κ2) is 7.81.